The van der Waals surface area contributed by atoms with Gasteiger partial charge in [-0.15, -0.1) is 10.2 Å². The van der Waals surface area contributed by atoms with Crippen LogP contribution in [0.4, 0.5) is 4.39 Å². The van der Waals surface area contributed by atoms with Crippen LogP contribution in [-0.4, -0.2) is 39.0 Å². The first-order chi connectivity index (χ1) is 16.5. The van der Waals surface area contributed by atoms with Crippen molar-refractivity contribution in [2.45, 2.75) is 31.7 Å². The van der Waals surface area contributed by atoms with E-state index in [-0.39, 0.29) is 34.6 Å². The summed E-state index contributed by atoms with van der Waals surface area (Å²) in [7, 11) is 0. The smallest absolute Gasteiger partial charge is 0.277 e. The monoisotopic (exact) mass is 479 g/mol. The second-order valence-corrected chi connectivity index (χ2v) is 8.91. The number of para-hydroxylation sites is 2. The Bertz CT molecular complexity index is 1330. The van der Waals surface area contributed by atoms with Crippen LogP contribution in [0.25, 0.3) is 11.5 Å². The summed E-state index contributed by atoms with van der Waals surface area (Å²) >= 11 is 1.18. The molecule has 2 aromatic carbocycles. The van der Waals surface area contributed by atoms with Gasteiger partial charge in [-0.1, -0.05) is 23.9 Å². The number of ketones is 1. The lowest BCUT2D eigenvalue weighted by molar-refractivity contribution is 0.0777. The molecule has 0 N–H and O–H groups in total. The molecular weight excluding hydrogens is 457 g/mol. The summed E-state index contributed by atoms with van der Waals surface area (Å²) in [5.41, 5.74) is 3.13. The fourth-order valence-corrected chi connectivity index (χ4v) is 4.55. The number of Topliss-reactive ketones (excluding diaryl/α,β-unsaturated/α-hetero) is 1. The molecule has 0 amide bonds. The van der Waals surface area contributed by atoms with Crippen LogP contribution in [0.2, 0.25) is 0 Å². The molecule has 9 heteroatoms. The Hall–Kier alpha value is -3.59. The number of carbonyl (C=O) groups excluding carboxylic acids is 1. The van der Waals surface area contributed by atoms with Crippen molar-refractivity contribution in [2.75, 3.05) is 12.4 Å². The zero-order chi connectivity index (χ0) is 23.7. The first-order valence-corrected chi connectivity index (χ1v) is 11.8. The molecule has 1 aliphatic heterocycles. The van der Waals surface area contributed by atoms with Crippen molar-refractivity contribution in [3.8, 4) is 23.0 Å². The lowest BCUT2D eigenvalue weighted by Gasteiger charge is -2.27. The summed E-state index contributed by atoms with van der Waals surface area (Å²) in [6, 6.07) is 15.3. The maximum atomic E-state index is 13.1. The zero-order valence-electron chi connectivity index (χ0n) is 18.7. The van der Waals surface area contributed by atoms with Gasteiger partial charge in [0.05, 0.1) is 12.3 Å². The van der Waals surface area contributed by atoms with Gasteiger partial charge < -0.3 is 18.5 Å². The third kappa shape index (κ3) is 4.56. The summed E-state index contributed by atoms with van der Waals surface area (Å²) in [6.07, 6.45) is -0.152. The van der Waals surface area contributed by atoms with Gasteiger partial charge in [0.2, 0.25) is 5.89 Å². The van der Waals surface area contributed by atoms with Crippen molar-refractivity contribution < 1.29 is 23.1 Å². The second-order valence-electron chi connectivity index (χ2n) is 7.98. The number of halogens is 1. The standard InChI is InChI=1S/C25H22FN3O4S/c1-15-11-20(16(2)29(15)12-19-13-31-22-5-3-4-6-23(22)32-19)21(30)14-34-25-28-27-24(33-25)17-7-9-18(26)10-8-17/h3-11,19H,12-14H2,1-2H3/t19-/m1/s1. The van der Waals surface area contributed by atoms with Crippen LogP contribution >= 0.6 is 11.8 Å². The Morgan fingerprint density at radius 1 is 1.12 bits per heavy atom. The van der Waals surface area contributed by atoms with Gasteiger partial charge in [-0.2, -0.15) is 0 Å². The number of thioether (sulfide) groups is 1. The number of carbonyl (C=O) groups is 1. The number of nitrogens with zero attached hydrogens (tertiary/aromatic N) is 3. The Balaban J connectivity index is 1.23. The van der Waals surface area contributed by atoms with Crippen LogP contribution in [0.3, 0.4) is 0 Å². The number of aromatic nitrogens is 3. The lowest BCUT2D eigenvalue weighted by Crippen LogP contribution is -2.33. The molecular formula is C25H22FN3O4S. The maximum Gasteiger partial charge on any atom is 0.277 e. The number of rotatable bonds is 7. The third-order valence-corrected chi connectivity index (χ3v) is 6.47. The normalized spacial score (nSPS) is 14.9. The van der Waals surface area contributed by atoms with E-state index in [1.54, 1.807) is 12.1 Å². The highest BCUT2D eigenvalue weighted by molar-refractivity contribution is 7.99. The molecule has 0 fully saturated rings. The number of aryl methyl sites for hydroxylation is 1. The largest absolute Gasteiger partial charge is 0.486 e. The van der Waals surface area contributed by atoms with Crippen LogP contribution in [-0.2, 0) is 6.54 Å². The van der Waals surface area contributed by atoms with Gasteiger partial charge in [0.1, 0.15) is 12.4 Å². The van der Waals surface area contributed by atoms with Crippen molar-refractivity contribution >= 4 is 17.5 Å². The van der Waals surface area contributed by atoms with Gasteiger partial charge in [0.15, 0.2) is 23.4 Å². The highest BCUT2D eigenvalue weighted by Gasteiger charge is 2.24. The van der Waals surface area contributed by atoms with Gasteiger partial charge in [-0.25, -0.2) is 4.39 Å². The van der Waals surface area contributed by atoms with Crippen LogP contribution in [0.15, 0.2) is 64.2 Å². The van der Waals surface area contributed by atoms with E-state index in [1.165, 1.54) is 23.9 Å². The molecule has 34 heavy (non-hydrogen) atoms. The van der Waals surface area contributed by atoms with Crippen LogP contribution in [0.5, 0.6) is 11.5 Å². The minimum atomic E-state index is -0.339. The topological polar surface area (TPSA) is 79.4 Å². The molecule has 174 valence electrons. The Morgan fingerprint density at radius 2 is 1.88 bits per heavy atom. The summed E-state index contributed by atoms with van der Waals surface area (Å²) < 4.78 is 32.7. The zero-order valence-corrected chi connectivity index (χ0v) is 19.5. The van der Waals surface area contributed by atoms with Gasteiger partial charge in [0.25, 0.3) is 5.22 Å². The van der Waals surface area contributed by atoms with E-state index in [2.05, 4.69) is 14.8 Å². The predicted molar refractivity (Wildman–Crippen MR) is 125 cm³/mol. The summed E-state index contributed by atoms with van der Waals surface area (Å²) in [6.45, 7) is 4.93. The van der Waals surface area contributed by atoms with E-state index in [9.17, 15) is 9.18 Å². The van der Waals surface area contributed by atoms with E-state index >= 15 is 0 Å². The molecule has 0 saturated heterocycles. The molecule has 0 radical (unpaired) electrons. The molecule has 4 aromatic rings. The Kier molecular flexibility index (Phi) is 6.10. The van der Waals surface area contributed by atoms with Crippen molar-refractivity contribution in [2.24, 2.45) is 0 Å². The summed E-state index contributed by atoms with van der Waals surface area (Å²) in [5.74, 6) is 1.55. The number of fused-ring (bicyclic) bond motifs is 1. The van der Waals surface area contributed by atoms with Gasteiger partial charge >= 0.3 is 0 Å². The molecule has 0 saturated carbocycles. The molecule has 5 rings (SSSR count). The molecule has 0 spiro atoms. The summed E-state index contributed by atoms with van der Waals surface area (Å²) in [4.78, 5) is 13.0. The van der Waals surface area contributed by atoms with Gasteiger partial charge in [0, 0.05) is 22.5 Å². The molecule has 1 atom stereocenters. The Labute approximate surface area is 199 Å². The molecule has 0 aliphatic carbocycles. The highest BCUT2D eigenvalue weighted by atomic mass is 32.2. The summed E-state index contributed by atoms with van der Waals surface area (Å²) in [5, 5.41) is 8.25. The minimum absolute atomic E-state index is 0.0305. The molecule has 2 aromatic heterocycles. The molecule has 3 heterocycles. The quantitative estimate of drug-likeness (QED) is 0.269. The van der Waals surface area contributed by atoms with Gasteiger partial charge in [-0.05, 0) is 56.3 Å². The van der Waals surface area contributed by atoms with Crippen molar-refractivity contribution in [3.63, 3.8) is 0 Å². The fourth-order valence-electron chi connectivity index (χ4n) is 3.90. The van der Waals surface area contributed by atoms with Crippen molar-refractivity contribution in [1.82, 2.24) is 14.8 Å². The average molecular weight is 480 g/mol. The third-order valence-electron chi connectivity index (χ3n) is 5.65. The van der Waals surface area contributed by atoms with Crippen LogP contribution < -0.4 is 9.47 Å². The number of hydrogen-bond acceptors (Lipinski definition) is 7. The maximum absolute atomic E-state index is 13.1. The average Bonchev–Trinajstić information content (AvgIpc) is 3.43. The molecule has 0 unspecified atom stereocenters. The first kappa shape index (κ1) is 22.2. The van der Waals surface area contributed by atoms with E-state index in [0.717, 1.165) is 22.9 Å². The molecule has 7 nitrogen and oxygen atoms in total. The molecule has 0 bridgehead atoms. The first-order valence-electron chi connectivity index (χ1n) is 10.8. The van der Waals surface area contributed by atoms with Crippen molar-refractivity contribution in [1.29, 1.82) is 0 Å². The van der Waals surface area contributed by atoms with E-state index in [0.29, 0.717) is 24.3 Å². The van der Waals surface area contributed by atoms with Gasteiger partial charge in [-0.3, -0.25) is 4.79 Å². The van der Waals surface area contributed by atoms with Crippen LogP contribution in [0.1, 0.15) is 21.7 Å². The van der Waals surface area contributed by atoms with Crippen molar-refractivity contribution in [3.05, 3.63) is 77.4 Å². The van der Waals surface area contributed by atoms with E-state index in [4.69, 9.17) is 13.9 Å². The number of hydrogen-bond donors (Lipinski definition) is 0. The van der Waals surface area contributed by atoms with E-state index < -0.39 is 0 Å². The second kappa shape index (κ2) is 9.34. The SMILES string of the molecule is Cc1cc(C(=O)CSc2nnc(-c3ccc(F)cc3)o2)c(C)n1C[C@@H]1COc2ccccc2O1. The van der Waals surface area contributed by atoms with Crippen LogP contribution in [0, 0.1) is 19.7 Å². The molecule has 1 aliphatic rings. The number of ether oxygens (including phenoxy) is 2. The minimum Gasteiger partial charge on any atom is -0.486 e. The number of benzene rings is 2. The fraction of sp³-hybridized carbons (Fsp3) is 0.240. The lowest BCUT2D eigenvalue weighted by atomic mass is 10.2. The van der Waals surface area contributed by atoms with E-state index in [1.807, 2.05) is 44.2 Å². The highest BCUT2D eigenvalue weighted by Crippen LogP contribution is 2.32. The Morgan fingerprint density at radius 3 is 2.68 bits per heavy atom. The predicted octanol–water partition coefficient (Wildman–Crippen LogP) is 5.11.